The van der Waals surface area contributed by atoms with Gasteiger partial charge in [-0.1, -0.05) is 6.92 Å². The molecule has 20 heavy (non-hydrogen) atoms. The molecule has 1 heterocycles. The van der Waals surface area contributed by atoms with E-state index in [1.54, 1.807) is 0 Å². The van der Waals surface area contributed by atoms with E-state index >= 15 is 0 Å². The molecule has 1 fully saturated rings. The number of nitrogens with zero attached hydrogens (tertiary/aromatic N) is 1. The molecule has 8 heteroatoms. The minimum Gasteiger partial charge on any atom is -0.481 e. The number of nitrogens with one attached hydrogen (secondary N) is 1. The molecule has 0 saturated carbocycles. The Morgan fingerprint density at radius 1 is 1.40 bits per heavy atom. The second-order valence-electron chi connectivity index (χ2n) is 4.80. The van der Waals surface area contributed by atoms with Crippen molar-refractivity contribution in [3.8, 4) is 0 Å². The van der Waals surface area contributed by atoms with Crippen LogP contribution in [0, 0.1) is 0 Å². The number of morpholine rings is 1. The molecule has 114 valence electrons. The summed E-state index contributed by atoms with van der Waals surface area (Å²) in [6, 6.07) is -2.14. The van der Waals surface area contributed by atoms with Crippen molar-refractivity contribution in [1.82, 2.24) is 10.2 Å². The smallest absolute Gasteiger partial charge is 0.326 e. The van der Waals surface area contributed by atoms with Crippen LogP contribution in [0.2, 0.25) is 0 Å². The topological polar surface area (TPSA) is 116 Å². The normalized spacial score (nSPS) is 24.0. The van der Waals surface area contributed by atoms with Crippen LogP contribution in [-0.2, 0) is 14.3 Å². The predicted octanol–water partition coefficient (Wildman–Crippen LogP) is 0.123. The van der Waals surface area contributed by atoms with E-state index in [1.807, 2.05) is 13.8 Å². The number of urea groups is 1. The highest BCUT2D eigenvalue weighted by Gasteiger charge is 2.32. The molecule has 1 rings (SSSR count). The highest BCUT2D eigenvalue weighted by molar-refractivity contribution is 5.86. The largest absolute Gasteiger partial charge is 0.481 e. The van der Waals surface area contributed by atoms with Gasteiger partial charge in [-0.2, -0.15) is 0 Å². The molecule has 3 atom stereocenters. The third-order valence-electron chi connectivity index (χ3n) is 3.17. The maximum atomic E-state index is 12.1. The van der Waals surface area contributed by atoms with E-state index in [0.29, 0.717) is 19.6 Å². The maximum absolute atomic E-state index is 12.1. The number of aliphatic carboxylic acids is 2. The van der Waals surface area contributed by atoms with Crippen LogP contribution in [0.15, 0.2) is 0 Å². The van der Waals surface area contributed by atoms with Gasteiger partial charge in [0.15, 0.2) is 0 Å². The number of carbonyl (C=O) groups excluding carboxylic acids is 1. The van der Waals surface area contributed by atoms with Crippen LogP contribution < -0.4 is 5.32 Å². The number of carbonyl (C=O) groups is 3. The zero-order valence-corrected chi connectivity index (χ0v) is 11.5. The first kappa shape index (κ1) is 16.2. The van der Waals surface area contributed by atoms with Crippen LogP contribution >= 0.6 is 0 Å². The first-order chi connectivity index (χ1) is 9.35. The Balaban J connectivity index is 2.70. The Morgan fingerprint density at radius 2 is 2.05 bits per heavy atom. The Labute approximate surface area is 116 Å². The van der Waals surface area contributed by atoms with Gasteiger partial charge in [0, 0.05) is 6.54 Å². The summed E-state index contributed by atoms with van der Waals surface area (Å²) < 4.78 is 5.45. The Kier molecular flexibility index (Phi) is 5.75. The van der Waals surface area contributed by atoms with E-state index in [9.17, 15) is 14.4 Å². The summed E-state index contributed by atoms with van der Waals surface area (Å²) in [6.07, 6.45) is -0.111. The molecule has 1 saturated heterocycles. The van der Waals surface area contributed by atoms with Crippen molar-refractivity contribution in [2.75, 3.05) is 13.2 Å². The van der Waals surface area contributed by atoms with Crippen LogP contribution in [0.25, 0.3) is 0 Å². The van der Waals surface area contributed by atoms with E-state index < -0.39 is 30.4 Å². The van der Waals surface area contributed by atoms with Gasteiger partial charge >= 0.3 is 18.0 Å². The van der Waals surface area contributed by atoms with Crippen molar-refractivity contribution >= 4 is 18.0 Å². The number of hydrogen-bond donors (Lipinski definition) is 3. The first-order valence-corrected chi connectivity index (χ1v) is 6.48. The van der Waals surface area contributed by atoms with Gasteiger partial charge in [-0.05, 0) is 13.3 Å². The minimum atomic E-state index is -1.43. The number of amides is 2. The number of rotatable bonds is 5. The summed E-state index contributed by atoms with van der Waals surface area (Å²) in [7, 11) is 0. The van der Waals surface area contributed by atoms with Gasteiger partial charge in [0.25, 0.3) is 0 Å². The van der Waals surface area contributed by atoms with Crippen LogP contribution in [0.4, 0.5) is 4.79 Å². The number of carboxylic acids is 2. The molecule has 0 bridgehead atoms. The van der Waals surface area contributed by atoms with Crippen molar-refractivity contribution in [1.29, 1.82) is 0 Å². The quantitative estimate of drug-likeness (QED) is 0.662. The summed E-state index contributed by atoms with van der Waals surface area (Å²) in [4.78, 5) is 35.2. The standard InChI is InChI=1S/C12H20N2O6/c1-3-8-6-20-7(2)5-14(8)12(19)13-9(11(17)18)4-10(15)16/h7-9H,3-6H2,1-2H3,(H,13,19)(H,15,16)(H,17,18)/t7?,8?,9-/m1/s1. The van der Waals surface area contributed by atoms with Crippen LogP contribution in [0.3, 0.4) is 0 Å². The third kappa shape index (κ3) is 4.37. The van der Waals surface area contributed by atoms with Gasteiger partial charge in [0.05, 0.1) is 25.2 Å². The van der Waals surface area contributed by atoms with Crippen LogP contribution in [-0.4, -0.2) is 64.4 Å². The first-order valence-electron chi connectivity index (χ1n) is 6.48. The average Bonchev–Trinajstić information content (AvgIpc) is 2.37. The van der Waals surface area contributed by atoms with Crippen molar-refractivity contribution in [3.63, 3.8) is 0 Å². The Hall–Kier alpha value is -1.83. The summed E-state index contributed by atoms with van der Waals surface area (Å²) in [5.74, 6) is -2.64. The number of hydrogen-bond acceptors (Lipinski definition) is 4. The van der Waals surface area contributed by atoms with Gasteiger partial charge < -0.3 is 25.2 Å². The molecule has 0 aromatic heterocycles. The third-order valence-corrected chi connectivity index (χ3v) is 3.17. The molecule has 3 N–H and O–H groups in total. The van der Waals surface area contributed by atoms with Gasteiger partial charge in [0.2, 0.25) is 0 Å². The van der Waals surface area contributed by atoms with Gasteiger partial charge in [-0.3, -0.25) is 4.79 Å². The monoisotopic (exact) mass is 288 g/mol. The fourth-order valence-electron chi connectivity index (χ4n) is 2.04. The molecule has 1 aliphatic heterocycles. The molecule has 0 aromatic rings. The molecule has 1 aliphatic rings. The predicted molar refractivity (Wildman–Crippen MR) is 68.4 cm³/mol. The van der Waals surface area contributed by atoms with E-state index in [1.165, 1.54) is 4.90 Å². The second-order valence-corrected chi connectivity index (χ2v) is 4.80. The summed E-state index contributed by atoms with van der Waals surface area (Å²) in [6.45, 7) is 4.46. The highest BCUT2D eigenvalue weighted by atomic mass is 16.5. The fraction of sp³-hybridized carbons (Fsp3) is 0.750. The SMILES string of the molecule is CCC1COC(C)CN1C(=O)N[C@H](CC(=O)O)C(=O)O. The lowest BCUT2D eigenvalue weighted by atomic mass is 10.1. The van der Waals surface area contributed by atoms with Crippen molar-refractivity contribution < 1.29 is 29.3 Å². The fourth-order valence-corrected chi connectivity index (χ4v) is 2.04. The molecule has 0 aliphatic carbocycles. The van der Waals surface area contributed by atoms with E-state index in [0.717, 1.165) is 0 Å². The van der Waals surface area contributed by atoms with E-state index in [-0.39, 0.29) is 12.1 Å². The molecular formula is C12H20N2O6. The summed E-state index contributed by atoms with van der Waals surface area (Å²) in [5, 5.41) is 19.8. The minimum absolute atomic E-state index is 0.133. The maximum Gasteiger partial charge on any atom is 0.326 e. The molecule has 2 amide bonds. The molecular weight excluding hydrogens is 268 g/mol. The summed E-state index contributed by atoms with van der Waals surface area (Å²) >= 11 is 0. The molecule has 0 radical (unpaired) electrons. The average molecular weight is 288 g/mol. The highest BCUT2D eigenvalue weighted by Crippen LogP contribution is 2.14. The van der Waals surface area contributed by atoms with E-state index in [4.69, 9.17) is 14.9 Å². The van der Waals surface area contributed by atoms with Crippen molar-refractivity contribution in [3.05, 3.63) is 0 Å². The van der Waals surface area contributed by atoms with Crippen molar-refractivity contribution in [2.24, 2.45) is 0 Å². The van der Waals surface area contributed by atoms with Crippen LogP contribution in [0.5, 0.6) is 0 Å². The zero-order chi connectivity index (χ0) is 15.3. The summed E-state index contributed by atoms with van der Waals surface area (Å²) in [5.41, 5.74) is 0. The van der Waals surface area contributed by atoms with Crippen LogP contribution in [0.1, 0.15) is 26.7 Å². The zero-order valence-electron chi connectivity index (χ0n) is 11.5. The molecule has 8 nitrogen and oxygen atoms in total. The van der Waals surface area contributed by atoms with Gasteiger partial charge in [-0.25, -0.2) is 9.59 Å². The number of carboxylic acid groups (broad SMARTS) is 2. The lowest BCUT2D eigenvalue weighted by molar-refractivity contribution is -0.145. The van der Waals surface area contributed by atoms with Gasteiger partial charge in [-0.15, -0.1) is 0 Å². The second kappa shape index (κ2) is 7.09. The molecule has 2 unspecified atom stereocenters. The van der Waals surface area contributed by atoms with Gasteiger partial charge in [0.1, 0.15) is 6.04 Å². The van der Waals surface area contributed by atoms with Crippen molar-refractivity contribution in [2.45, 2.75) is 44.9 Å². The lowest BCUT2D eigenvalue weighted by Gasteiger charge is -2.38. The molecule has 0 spiro atoms. The Morgan fingerprint density at radius 3 is 2.55 bits per heavy atom. The van der Waals surface area contributed by atoms with E-state index in [2.05, 4.69) is 5.32 Å². The Bertz CT molecular complexity index is 386. The number of ether oxygens (including phenoxy) is 1. The molecule has 0 aromatic carbocycles. The lowest BCUT2D eigenvalue weighted by Crippen LogP contribution is -2.57.